The second-order valence-electron chi connectivity index (χ2n) is 15.9. The highest BCUT2D eigenvalue weighted by Gasteiger charge is 2.42. The molecule has 3 heterocycles. The minimum atomic E-state index is -0.0659. The topological polar surface area (TPSA) is 39.3 Å². The molecule has 0 spiro atoms. The molecule has 2 aliphatic carbocycles. The average Bonchev–Trinajstić information content (AvgIpc) is 3.57. The molecule has 4 aliphatic rings. The van der Waals surface area contributed by atoms with Crippen LogP contribution in [-0.2, 0) is 5.54 Å². The summed E-state index contributed by atoms with van der Waals surface area (Å²) in [5.41, 5.74) is 6.77. The summed E-state index contributed by atoms with van der Waals surface area (Å²) >= 11 is 1.93. The van der Waals surface area contributed by atoms with Gasteiger partial charge in [-0.1, -0.05) is 140 Å². The Morgan fingerprint density at radius 3 is 2.33 bits per heavy atom. The molecular weight excluding hydrogens is 653 g/mol. The molecule has 5 aromatic rings. The largest absolute Gasteiger partial charge is 0.301 e. The first-order valence-electron chi connectivity index (χ1n) is 19.2. The van der Waals surface area contributed by atoms with E-state index in [9.17, 15) is 0 Å². The molecule has 0 saturated carbocycles. The zero-order chi connectivity index (χ0) is 35.3. The van der Waals surface area contributed by atoms with Gasteiger partial charge in [0.15, 0.2) is 0 Å². The molecule has 1 aromatic heterocycles. The zero-order valence-electron chi connectivity index (χ0n) is 30.6. The van der Waals surface area contributed by atoms with Crippen LogP contribution in [0.5, 0.6) is 0 Å². The monoisotopic (exact) mass is 702 g/mol. The van der Waals surface area contributed by atoms with E-state index in [0.29, 0.717) is 5.92 Å². The Balaban J connectivity index is 1.15. The molecule has 7 unspecified atom stereocenters. The zero-order valence-corrected chi connectivity index (χ0v) is 31.4. The molecular formula is C47H50N4S. The maximum absolute atomic E-state index is 4.20. The second-order valence-corrected chi connectivity index (χ2v) is 17.0. The summed E-state index contributed by atoms with van der Waals surface area (Å²) in [5.74, 6) is 0.295. The molecule has 9 rings (SSSR count). The predicted octanol–water partition coefficient (Wildman–Crippen LogP) is 9.05. The van der Waals surface area contributed by atoms with Crippen LogP contribution in [0.3, 0.4) is 0 Å². The van der Waals surface area contributed by atoms with Gasteiger partial charge in [-0.15, -0.1) is 11.3 Å². The van der Waals surface area contributed by atoms with Crippen LogP contribution in [0.1, 0.15) is 98.1 Å². The van der Waals surface area contributed by atoms with Crippen LogP contribution < -0.4 is 25.7 Å². The molecule has 0 radical (unpaired) electrons. The van der Waals surface area contributed by atoms with Crippen LogP contribution >= 0.6 is 11.3 Å². The highest BCUT2D eigenvalue weighted by atomic mass is 32.1. The maximum atomic E-state index is 4.20. The van der Waals surface area contributed by atoms with Crippen molar-refractivity contribution < 1.29 is 0 Å². The molecule has 264 valence electrons. The Kier molecular flexibility index (Phi) is 8.89. The van der Waals surface area contributed by atoms with E-state index in [1.54, 1.807) is 0 Å². The number of piperidine rings is 1. The van der Waals surface area contributed by atoms with Gasteiger partial charge in [0.2, 0.25) is 0 Å². The van der Waals surface area contributed by atoms with Gasteiger partial charge in [-0.2, -0.15) is 0 Å². The SMILES string of the molecule is CN1C(c2ccccc2)NC(C2(C)C=CC=CC2)NC1c1ccc(C2CCCC(C)(c3ccccc3)N2)c(C2C=c3c(sc4ccccc34)=CC2)c1. The fourth-order valence-corrected chi connectivity index (χ4v) is 10.5. The molecule has 4 nitrogen and oxygen atoms in total. The second kappa shape index (κ2) is 13.7. The Bertz CT molecular complexity index is 2260. The molecule has 2 saturated heterocycles. The van der Waals surface area contributed by atoms with Gasteiger partial charge in [-0.25, -0.2) is 0 Å². The van der Waals surface area contributed by atoms with E-state index < -0.39 is 0 Å². The molecule has 5 heteroatoms. The number of rotatable bonds is 6. The molecule has 2 aliphatic heterocycles. The fraction of sp³-hybridized carbons (Fsp3) is 0.319. The van der Waals surface area contributed by atoms with Crippen LogP contribution in [0.2, 0.25) is 0 Å². The van der Waals surface area contributed by atoms with E-state index in [-0.39, 0.29) is 35.5 Å². The van der Waals surface area contributed by atoms with Crippen LogP contribution in [0.25, 0.3) is 22.2 Å². The van der Waals surface area contributed by atoms with Gasteiger partial charge < -0.3 is 5.32 Å². The number of thiophene rings is 1. The minimum absolute atomic E-state index is 0.0272. The van der Waals surface area contributed by atoms with Crippen LogP contribution in [-0.4, -0.2) is 18.1 Å². The van der Waals surface area contributed by atoms with E-state index in [0.717, 1.165) is 25.7 Å². The van der Waals surface area contributed by atoms with Crippen LogP contribution in [0, 0.1) is 5.41 Å². The van der Waals surface area contributed by atoms with E-state index in [4.69, 9.17) is 0 Å². The summed E-state index contributed by atoms with van der Waals surface area (Å²) in [6, 6.07) is 38.7. The lowest BCUT2D eigenvalue weighted by Gasteiger charge is -2.50. The number of fused-ring (bicyclic) bond motifs is 3. The lowest BCUT2D eigenvalue weighted by Crippen LogP contribution is -2.64. The molecule has 7 atom stereocenters. The Labute approximate surface area is 312 Å². The van der Waals surface area contributed by atoms with Crippen molar-refractivity contribution in [2.24, 2.45) is 5.41 Å². The normalized spacial score (nSPS) is 30.4. The predicted molar refractivity (Wildman–Crippen MR) is 218 cm³/mol. The molecule has 3 N–H and O–H groups in total. The fourth-order valence-electron chi connectivity index (χ4n) is 9.37. The Morgan fingerprint density at radius 1 is 0.788 bits per heavy atom. The number of hydrogen-bond acceptors (Lipinski definition) is 5. The van der Waals surface area contributed by atoms with E-state index in [2.05, 4.69) is 181 Å². The standard InChI is InChI=1S/C47H50N4S/c1-46(27-13-6-14-28-46)45-48-43(32-16-7-4-8-17-32)51(3)44(49-45)34-23-25-36(40-21-15-29-47(2,50-40)35-18-9-5-10-19-35)38(31-34)33-24-26-42-39(30-33)37-20-11-12-22-41(37)52-42/h4-14,16-20,22-23,25-27,30-31,33,40,43-45,48-50H,15,21,24,28-29H2,1-3H3. The average molecular weight is 703 g/mol. The van der Waals surface area contributed by atoms with Gasteiger partial charge in [0.05, 0.1) is 18.5 Å². The number of allylic oxidation sites excluding steroid dienone is 3. The van der Waals surface area contributed by atoms with Gasteiger partial charge >= 0.3 is 0 Å². The third kappa shape index (κ3) is 6.13. The van der Waals surface area contributed by atoms with Gasteiger partial charge in [0.25, 0.3) is 0 Å². The first-order chi connectivity index (χ1) is 25.4. The summed E-state index contributed by atoms with van der Waals surface area (Å²) in [6.07, 6.45) is 19.8. The summed E-state index contributed by atoms with van der Waals surface area (Å²) in [4.78, 5) is 2.49. The lowest BCUT2D eigenvalue weighted by atomic mass is 9.77. The van der Waals surface area contributed by atoms with Crippen molar-refractivity contribution >= 4 is 33.6 Å². The van der Waals surface area contributed by atoms with Gasteiger partial charge in [0, 0.05) is 32.1 Å². The highest BCUT2D eigenvalue weighted by Crippen LogP contribution is 2.43. The molecule has 0 amide bonds. The van der Waals surface area contributed by atoms with Gasteiger partial charge in [-0.05, 0) is 90.6 Å². The lowest BCUT2D eigenvalue weighted by molar-refractivity contribution is 0.00945. The Hall–Kier alpha value is -4.10. The third-order valence-corrected chi connectivity index (χ3v) is 13.6. The van der Waals surface area contributed by atoms with Crippen LogP contribution in [0.4, 0.5) is 0 Å². The van der Waals surface area contributed by atoms with Crippen molar-refractivity contribution in [3.05, 3.63) is 165 Å². The van der Waals surface area contributed by atoms with Crippen molar-refractivity contribution in [1.29, 1.82) is 0 Å². The first-order valence-corrected chi connectivity index (χ1v) is 20.0. The van der Waals surface area contributed by atoms with Gasteiger partial charge in [-0.3, -0.25) is 15.5 Å². The molecule has 0 bridgehead atoms. The molecule has 2 fully saturated rings. The van der Waals surface area contributed by atoms with Crippen molar-refractivity contribution in [2.45, 2.75) is 81.9 Å². The van der Waals surface area contributed by atoms with E-state index >= 15 is 0 Å². The minimum Gasteiger partial charge on any atom is -0.301 e. The van der Waals surface area contributed by atoms with Crippen molar-refractivity contribution in [3.8, 4) is 0 Å². The maximum Gasteiger partial charge on any atom is 0.0885 e. The number of hydrogen-bond donors (Lipinski definition) is 3. The van der Waals surface area contributed by atoms with Crippen molar-refractivity contribution in [2.75, 3.05) is 7.05 Å². The number of nitrogens with zero attached hydrogens (tertiary/aromatic N) is 1. The molecule has 52 heavy (non-hydrogen) atoms. The summed E-state index contributed by atoms with van der Waals surface area (Å²) in [6.45, 7) is 4.78. The molecule has 4 aromatic carbocycles. The summed E-state index contributed by atoms with van der Waals surface area (Å²) in [5, 5.41) is 15.1. The van der Waals surface area contributed by atoms with Crippen molar-refractivity contribution in [1.82, 2.24) is 20.9 Å². The number of benzene rings is 4. The Morgan fingerprint density at radius 2 is 1.54 bits per heavy atom. The van der Waals surface area contributed by atoms with Gasteiger partial charge in [0.1, 0.15) is 0 Å². The van der Waals surface area contributed by atoms with E-state index in [1.807, 2.05) is 11.3 Å². The van der Waals surface area contributed by atoms with E-state index in [1.165, 1.54) is 54.1 Å². The highest BCUT2D eigenvalue weighted by molar-refractivity contribution is 7.17. The number of nitrogens with one attached hydrogen (secondary N) is 3. The third-order valence-electron chi connectivity index (χ3n) is 12.4. The smallest absolute Gasteiger partial charge is 0.0885 e. The summed E-state index contributed by atoms with van der Waals surface area (Å²) in [7, 11) is 2.27. The summed E-state index contributed by atoms with van der Waals surface area (Å²) < 4.78 is 2.79. The quantitative estimate of drug-likeness (QED) is 0.165. The van der Waals surface area contributed by atoms with Crippen molar-refractivity contribution in [3.63, 3.8) is 0 Å². The van der Waals surface area contributed by atoms with Crippen LogP contribution in [0.15, 0.2) is 127 Å². The first kappa shape index (κ1) is 33.7.